The summed E-state index contributed by atoms with van der Waals surface area (Å²) in [4.78, 5) is 37.4. The lowest BCUT2D eigenvalue weighted by atomic mass is 10.1. The molecule has 0 saturated heterocycles. The molecule has 292 valence electrons. The van der Waals surface area contributed by atoms with Crippen LogP contribution in [0.15, 0.2) is 60.8 Å². The molecular formula is C45H76O6. The van der Waals surface area contributed by atoms with Gasteiger partial charge in [-0.3, -0.25) is 14.4 Å². The van der Waals surface area contributed by atoms with Crippen molar-refractivity contribution in [1.82, 2.24) is 0 Å². The van der Waals surface area contributed by atoms with Crippen molar-refractivity contribution in [3.8, 4) is 0 Å². The maximum atomic E-state index is 12.6. The fraction of sp³-hybridized carbons (Fsp3) is 0.711. The summed E-state index contributed by atoms with van der Waals surface area (Å²) in [6.07, 6.45) is 46.7. The summed E-state index contributed by atoms with van der Waals surface area (Å²) in [5.74, 6) is -1.05. The van der Waals surface area contributed by atoms with Gasteiger partial charge in [-0.2, -0.15) is 0 Å². The molecule has 1 unspecified atom stereocenters. The molecule has 0 bridgehead atoms. The third-order valence-electron chi connectivity index (χ3n) is 8.57. The number of hydrogen-bond acceptors (Lipinski definition) is 6. The number of unbranched alkanes of at least 4 members (excludes halogenated alkanes) is 16. The molecule has 6 nitrogen and oxygen atoms in total. The Labute approximate surface area is 313 Å². The van der Waals surface area contributed by atoms with Crippen molar-refractivity contribution in [3.05, 3.63) is 60.8 Å². The first-order valence-electron chi connectivity index (χ1n) is 20.8. The molecule has 6 heteroatoms. The summed E-state index contributed by atoms with van der Waals surface area (Å²) in [5, 5.41) is 0. The van der Waals surface area contributed by atoms with Crippen molar-refractivity contribution < 1.29 is 28.6 Å². The molecule has 0 aliphatic carbocycles. The van der Waals surface area contributed by atoms with E-state index in [0.717, 1.165) is 70.6 Å². The number of esters is 3. The van der Waals surface area contributed by atoms with E-state index in [-0.39, 0.29) is 31.6 Å². The van der Waals surface area contributed by atoms with Gasteiger partial charge in [-0.1, -0.05) is 184 Å². The topological polar surface area (TPSA) is 78.9 Å². The van der Waals surface area contributed by atoms with Crippen LogP contribution in [0.2, 0.25) is 0 Å². The van der Waals surface area contributed by atoms with Gasteiger partial charge >= 0.3 is 17.9 Å². The zero-order chi connectivity index (χ0) is 37.3. The van der Waals surface area contributed by atoms with Crippen LogP contribution < -0.4 is 0 Å². The zero-order valence-electron chi connectivity index (χ0n) is 33.1. The number of carbonyl (C=O) groups excluding carboxylic acids is 3. The van der Waals surface area contributed by atoms with Gasteiger partial charge < -0.3 is 14.2 Å². The minimum Gasteiger partial charge on any atom is -0.462 e. The van der Waals surface area contributed by atoms with Gasteiger partial charge in [0.15, 0.2) is 6.10 Å². The highest BCUT2D eigenvalue weighted by molar-refractivity contribution is 5.72. The second-order valence-electron chi connectivity index (χ2n) is 13.5. The number of allylic oxidation sites excluding steroid dienone is 9. The number of ether oxygens (including phenoxy) is 3. The molecule has 0 N–H and O–H groups in total. The van der Waals surface area contributed by atoms with E-state index in [2.05, 4.69) is 69.4 Å². The van der Waals surface area contributed by atoms with Crippen LogP contribution in [0.3, 0.4) is 0 Å². The maximum Gasteiger partial charge on any atom is 0.309 e. The Morgan fingerprint density at radius 3 is 1.20 bits per heavy atom. The van der Waals surface area contributed by atoms with E-state index in [9.17, 15) is 14.4 Å². The van der Waals surface area contributed by atoms with Crippen LogP contribution in [0, 0.1) is 0 Å². The summed E-state index contributed by atoms with van der Waals surface area (Å²) in [6, 6.07) is 0. The molecule has 0 heterocycles. The highest BCUT2D eigenvalue weighted by Crippen LogP contribution is 2.13. The molecule has 0 amide bonds. The highest BCUT2D eigenvalue weighted by atomic mass is 16.6. The molecule has 0 aromatic carbocycles. The summed E-state index contributed by atoms with van der Waals surface area (Å²) < 4.78 is 16.5. The molecule has 0 saturated carbocycles. The van der Waals surface area contributed by atoms with E-state index in [1.165, 1.54) is 77.0 Å². The first-order chi connectivity index (χ1) is 25.0. The summed E-state index contributed by atoms with van der Waals surface area (Å²) in [6.45, 7) is 6.35. The van der Waals surface area contributed by atoms with Crippen LogP contribution in [0.25, 0.3) is 0 Å². The highest BCUT2D eigenvalue weighted by Gasteiger charge is 2.19. The van der Waals surface area contributed by atoms with E-state index >= 15 is 0 Å². The average Bonchev–Trinajstić information content (AvgIpc) is 3.12. The second-order valence-corrected chi connectivity index (χ2v) is 13.5. The van der Waals surface area contributed by atoms with Crippen molar-refractivity contribution in [3.63, 3.8) is 0 Å². The van der Waals surface area contributed by atoms with E-state index in [0.29, 0.717) is 12.8 Å². The molecule has 1 atom stereocenters. The van der Waals surface area contributed by atoms with Crippen LogP contribution in [-0.2, 0) is 28.6 Å². The maximum absolute atomic E-state index is 12.6. The van der Waals surface area contributed by atoms with Crippen molar-refractivity contribution >= 4 is 17.9 Å². The minimum atomic E-state index is -0.805. The van der Waals surface area contributed by atoms with Crippen LogP contribution in [-0.4, -0.2) is 37.2 Å². The number of hydrogen-bond donors (Lipinski definition) is 0. The van der Waals surface area contributed by atoms with Crippen molar-refractivity contribution in [2.45, 2.75) is 194 Å². The molecule has 0 rings (SSSR count). The quantitative estimate of drug-likeness (QED) is 0.0278. The van der Waals surface area contributed by atoms with E-state index < -0.39 is 12.1 Å². The van der Waals surface area contributed by atoms with Crippen LogP contribution in [0.5, 0.6) is 0 Å². The van der Waals surface area contributed by atoms with Crippen molar-refractivity contribution in [2.24, 2.45) is 0 Å². The minimum absolute atomic E-state index is 0.103. The average molecular weight is 713 g/mol. The Morgan fingerprint density at radius 2 is 0.765 bits per heavy atom. The summed E-state index contributed by atoms with van der Waals surface area (Å²) in [7, 11) is 0. The van der Waals surface area contributed by atoms with Gasteiger partial charge in [0.25, 0.3) is 0 Å². The molecular weight excluding hydrogens is 636 g/mol. The fourth-order valence-electron chi connectivity index (χ4n) is 5.45. The smallest absolute Gasteiger partial charge is 0.309 e. The number of carbonyl (C=O) groups is 3. The SMILES string of the molecule is CC/C=C\C/C=C\C/C=C\C/C=C\C/C=C\CC(=O)OCC(COC(=O)CCCCCCCCC)OC(=O)CCCCCCCCCCCCC. The lowest BCUT2D eigenvalue weighted by molar-refractivity contribution is -0.166. The first-order valence-corrected chi connectivity index (χ1v) is 20.8. The Bertz CT molecular complexity index is 960. The van der Waals surface area contributed by atoms with Gasteiger partial charge in [0.2, 0.25) is 0 Å². The third-order valence-corrected chi connectivity index (χ3v) is 8.57. The second kappa shape index (κ2) is 39.9. The molecule has 0 spiro atoms. The lowest BCUT2D eigenvalue weighted by Crippen LogP contribution is -2.30. The van der Waals surface area contributed by atoms with Crippen molar-refractivity contribution in [2.75, 3.05) is 13.2 Å². The number of rotatable bonds is 36. The Balaban J connectivity index is 4.48. The predicted octanol–water partition coefficient (Wildman–Crippen LogP) is 13.0. The van der Waals surface area contributed by atoms with Gasteiger partial charge in [-0.05, 0) is 44.9 Å². The summed E-state index contributed by atoms with van der Waals surface area (Å²) in [5.41, 5.74) is 0. The largest absolute Gasteiger partial charge is 0.462 e. The zero-order valence-corrected chi connectivity index (χ0v) is 33.1. The van der Waals surface area contributed by atoms with Gasteiger partial charge in [0.1, 0.15) is 13.2 Å². The molecule has 0 radical (unpaired) electrons. The van der Waals surface area contributed by atoms with E-state index in [1.807, 2.05) is 6.08 Å². The Morgan fingerprint density at radius 1 is 0.412 bits per heavy atom. The van der Waals surface area contributed by atoms with Gasteiger partial charge in [-0.15, -0.1) is 0 Å². The van der Waals surface area contributed by atoms with Gasteiger partial charge in [-0.25, -0.2) is 0 Å². The van der Waals surface area contributed by atoms with Gasteiger partial charge in [0, 0.05) is 12.8 Å². The monoisotopic (exact) mass is 713 g/mol. The fourth-order valence-corrected chi connectivity index (χ4v) is 5.45. The standard InChI is InChI=1S/C45H76O6/c1-4-7-10-13-16-18-20-21-22-23-25-26-29-32-35-38-44(47)50-41-42(40-49-43(46)37-34-31-28-15-12-9-6-3)51-45(48)39-36-33-30-27-24-19-17-14-11-8-5-2/h7,10,16,18,21-22,25-26,32,35,42H,4-6,8-9,11-15,17,19-20,23-24,27-31,33-34,36-41H2,1-3H3/b10-7-,18-16-,22-21-,26-25-,35-32-. The van der Waals surface area contributed by atoms with Crippen LogP contribution >= 0.6 is 0 Å². The van der Waals surface area contributed by atoms with Crippen LogP contribution in [0.1, 0.15) is 188 Å². The molecule has 0 aliphatic rings. The molecule has 0 aliphatic heterocycles. The lowest BCUT2D eigenvalue weighted by Gasteiger charge is -2.18. The predicted molar refractivity (Wildman–Crippen MR) is 215 cm³/mol. The molecule has 0 aromatic heterocycles. The third kappa shape index (κ3) is 38.2. The van der Waals surface area contributed by atoms with Crippen molar-refractivity contribution in [1.29, 1.82) is 0 Å². The van der Waals surface area contributed by atoms with Crippen LogP contribution in [0.4, 0.5) is 0 Å². The normalized spacial score (nSPS) is 12.6. The molecule has 0 aromatic rings. The Kier molecular flexibility index (Phi) is 37.6. The summed E-state index contributed by atoms with van der Waals surface area (Å²) >= 11 is 0. The van der Waals surface area contributed by atoms with E-state index in [4.69, 9.17) is 14.2 Å². The first kappa shape index (κ1) is 48.1. The molecule has 0 fully saturated rings. The molecule has 51 heavy (non-hydrogen) atoms. The Hall–Kier alpha value is -2.89. The van der Waals surface area contributed by atoms with Gasteiger partial charge in [0.05, 0.1) is 6.42 Å². The van der Waals surface area contributed by atoms with E-state index in [1.54, 1.807) is 6.08 Å².